The maximum Gasteiger partial charge on any atom is 0.319 e. The number of benzene rings is 1. The van der Waals surface area contributed by atoms with Crippen molar-refractivity contribution < 1.29 is 4.79 Å². The highest BCUT2D eigenvalue weighted by Gasteiger charge is 2.10. The Morgan fingerprint density at radius 2 is 2.00 bits per heavy atom. The first kappa shape index (κ1) is 12.6. The first-order valence-corrected chi connectivity index (χ1v) is 6.71. The molecule has 1 aromatic carbocycles. The molecule has 2 rings (SSSR count). The molecule has 4 heteroatoms. The molecule has 1 heterocycles. The zero-order valence-electron chi connectivity index (χ0n) is 10.4. The summed E-state index contributed by atoms with van der Waals surface area (Å²) < 4.78 is 0. The number of anilines is 1. The number of hydrogen-bond acceptors (Lipinski definition) is 2. The number of thiophene rings is 1. The third-order valence-corrected chi connectivity index (χ3v) is 3.77. The minimum absolute atomic E-state index is 0.0222. The second-order valence-corrected chi connectivity index (χ2v) is 5.13. The van der Waals surface area contributed by atoms with Gasteiger partial charge in [-0.2, -0.15) is 0 Å². The molecule has 0 aliphatic heterocycles. The van der Waals surface area contributed by atoms with Crippen LogP contribution in [-0.4, -0.2) is 6.03 Å². The molecular formula is C14H16N2OS. The van der Waals surface area contributed by atoms with Crippen LogP contribution >= 0.6 is 11.3 Å². The Labute approximate surface area is 111 Å². The number of para-hydroxylation sites is 1. The maximum atomic E-state index is 11.9. The second-order valence-electron chi connectivity index (χ2n) is 4.15. The molecule has 2 amide bonds. The summed E-state index contributed by atoms with van der Waals surface area (Å²) in [5, 5.41) is 7.78. The molecule has 1 atom stereocenters. The highest BCUT2D eigenvalue weighted by atomic mass is 32.1. The van der Waals surface area contributed by atoms with Gasteiger partial charge in [-0.05, 0) is 36.9 Å². The Bertz CT molecular complexity index is 522. The molecule has 0 saturated carbocycles. The van der Waals surface area contributed by atoms with E-state index < -0.39 is 0 Å². The van der Waals surface area contributed by atoms with Gasteiger partial charge in [0.15, 0.2) is 0 Å². The van der Waals surface area contributed by atoms with E-state index in [4.69, 9.17) is 0 Å². The van der Waals surface area contributed by atoms with Crippen molar-refractivity contribution >= 4 is 23.1 Å². The lowest BCUT2D eigenvalue weighted by Gasteiger charge is -2.14. The zero-order valence-corrected chi connectivity index (χ0v) is 11.3. The van der Waals surface area contributed by atoms with E-state index in [1.165, 1.54) is 0 Å². The number of nitrogens with one attached hydrogen (secondary N) is 2. The molecule has 18 heavy (non-hydrogen) atoms. The average Bonchev–Trinajstić information content (AvgIpc) is 2.85. The van der Waals surface area contributed by atoms with Crippen LogP contribution in [0.15, 0.2) is 41.8 Å². The Morgan fingerprint density at radius 3 is 2.67 bits per heavy atom. The molecule has 0 spiro atoms. The van der Waals surface area contributed by atoms with Crippen LogP contribution in [0, 0.1) is 6.92 Å². The number of aryl methyl sites for hydroxylation is 1. The predicted octanol–water partition coefficient (Wildman–Crippen LogP) is 3.94. The van der Waals surface area contributed by atoms with Gasteiger partial charge in [-0.3, -0.25) is 0 Å². The van der Waals surface area contributed by atoms with Gasteiger partial charge in [0, 0.05) is 10.6 Å². The largest absolute Gasteiger partial charge is 0.331 e. The molecule has 3 nitrogen and oxygen atoms in total. The summed E-state index contributed by atoms with van der Waals surface area (Å²) in [6.45, 7) is 3.95. The quantitative estimate of drug-likeness (QED) is 0.862. The second kappa shape index (κ2) is 5.69. The van der Waals surface area contributed by atoms with Gasteiger partial charge in [-0.15, -0.1) is 11.3 Å². The summed E-state index contributed by atoms with van der Waals surface area (Å²) in [6, 6.07) is 11.6. The lowest BCUT2D eigenvalue weighted by Crippen LogP contribution is -2.30. The zero-order chi connectivity index (χ0) is 13.0. The van der Waals surface area contributed by atoms with Crippen LogP contribution in [-0.2, 0) is 0 Å². The third-order valence-electron chi connectivity index (χ3n) is 2.71. The van der Waals surface area contributed by atoms with Crippen LogP contribution < -0.4 is 10.6 Å². The number of amides is 2. The minimum atomic E-state index is -0.176. The van der Waals surface area contributed by atoms with Gasteiger partial charge < -0.3 is 10.6 Å². The normalized spacial score (nSPS) is 11.9. The molecule has 0 fully saturated rings. The summed E-state index contributed by atoms with van der Waals surface area (Å²) in [4.78, 5) is 13.0. The Hall–Kier alpha value is -1.81. The molecule has 0 bridgehead atoms. The van der Waals surface area contributed by atoms with E-state index in [-0.39, 0.29) is 12.1 Å². The molecule has 0 saturated heterocycles. The summed E-state index contributed by atoms with van der Waals surface area (Å²) in [7, 11) is 0. The van der Waals surface area contributed by atoms with E-state index in [0.29, 0.717) is 0 Å². The van der Waals surface area contributed by atoms with Crippen molar-refractivity contribution in [3.8, 4) is 0 Å². The van der Waals surface area contributed by atoms with Gasteiger partial charge in [0.05, 0.1) is 6.04 Å². The van der Waals surface area contributed by atoms with Crippen molar-refractivity contribution in [1.29, 1.82) is 0 Å². The third kappa shape index (κ3) is 3.11. The first-order chi connectivity index (χ1) is 8.66. The summed E-state index contributed by atoms with van der Waals surface area (Å²) >= 11 is 1.64. The van der Waals surface area contributed by atoms with E-state index >= 15 is 0 Å². The lowest BCUT2D eigenvalue weighted by molar-refractivity contribution is 0.249. The van der Waals surface area contributed by atoms with Crippen molar-refractivity contribution in [1.82, 2.24) is 5.32 Å². The van der Waals surface area contributed by atoms with Gasteiger partial charge in [-0.1, -0.05) is 24.3 Å². The van der Waals surface area contributed by atoms with Crippen LogP contribution in [0.25, 0.3) is 0 Å². The molecule has 2 aromatic rings. The average molecular weight is 260 g/mol. The van der Waals surface area contributed by atoms with Crippen molar-refractivity contribution in [2.45, 2.75) is 19.9 Å². The predicted molar refractivity (Wildman–Crippen MR) is 76.1 cm³/mol. The van der Waals surface area contributed by atoms with Crippen LogP contribution in [0.3, 0.4) is 0 Å². The van der Waals surface area contributed by atoms with E-state index in [2.05, 4.69) is 10.6 Å². The fraction of sp³-hybridized carbons (Fsp3) is 0.214. The monoisotopic (exact) mass is 260 g/mol. The van der Waals surface area contributed by atoms with Gasteiger partial charge >= 0.3 is 6.03 Å². The first-order valence-electron chi connectivity index (χ1n) is 5.83. The van der Waals surface area contributed by atoms with Crippen LogP contribution in [0.5, 0.6) is 0 Å². The number of carbonyl (C=O) groups excluding carboxylic acids is 1. The Balaban J connectivity index is 1.95. The maximum absolute atomic E-state index is 11.9. The fourth-order valence-corrected chi connectivity index (χ4v) is 2.41. The van der Waals surface area contributed by atoms with Gasteiger partial charge in [0.1, 0.15) is 0 Å². The van der Waals surface area contributed by atoms with E-state index in [1.54, 1.807) is 11.3 Å². The van der Waals surface area contributed by atoms with Gasteiger partial charge in [0.25, 0.3) is 0 Å². The minimum Gasteiger partial charge on any atom is -0.331 e. The molecule has 0 aliphatic rings. The Kier molecular flexibility index (Phi) is 3.99. The SMILES string of the molecule is Cc1ccccc1NC(=O)N[C@H](C)c1cccs1. The van der Waals surface area contributed by atoms with Crippen molar-refractivity contribution in [2.24, 2.45) is 0 Å². The molecule has 0 aliphatic carbocycles. The van der Waals surface area contributed by atoms with E-state index in [9.17, 15) is 4.79 Å². The number of hydrogen-bond donors (Lipinski definition) is 2. The number of rotatable bonds is 3. The molecule has 1 aromatic heterocycles. The molecule has 0 unspecified atom stereocenters. The number of urea groups is 1. The van der Waals surface area contributed by atoms with Crippen molar-refractivity contribution in [3.05, 3.63) is 52.2 Å². The Morgan fingerprint density at radius 1 is 1.22 bits per heavy atom. The van der Waals surface area contributed by atoms with E-state index in [1.807, 2.05) is 55.6 Å². The lowest BCUT2D eigenvalue weighted by atomic mass is 10.2. The standard InChI is InChI=1S/C14H16N2OS/c1-10-6-3-4-7-12(10)16-14(17)15-11(2)13-8-5-9-18-13/h3-9,11H,1-2H3,(H2,15,16,17)/t11-/m1/s1. The van der Waals surface area contributed by atoms with Crippen LogP contribution in [0.4, 0.5) is 10.5 Å². The molecule has 0 radical (unpaired) electrons. The van der Waals surface area contributed by atoms with Crippen LogP contribution in [0.1, 0.15) is 23.4 Å². The van der Waals surface area contributed by atoms with Gasteiger partial charge in [-0.25, -0.2) is 4.79 Å². The molecule has 2 N–H and O–H groups in total. The summed E-state index contributed by atoms with van der Waals surface area (Å²) in [5.74, 6) is 0. The van der Waals surface area contributed by atoms with Crippen LogP contribution in [0.2, 0.25) is 0 Å². The smallest absolute Gasteiger partial charge is 0.319 e. The summed E-state index contributed by atoms with van der Waals surface area (Å²) in [5.41, 5.74) is 1.89. The topological polar surface area (TPSA) is 41.1 Å². The molecular weight excluding hydrogens is 244 g/mol. The summed E-state index contributed by atoms with van der Waals surface area (Å²) in [6.07, 6.45) is 0. The van der Waals surface area contributed by atoms with Crippen molar-refractivity contribution in [2.75, 3.05) is 5.32 Å². The van der Waals surface area contributed by atoms with E-state index in [0.717, 1.165) is 16.1 Å². The van der Waals surface area contributed by atoms with Crippen molar-refractivity contribution in [3.63, 3.8) is 0 Å². The van der Waals surface area contributed by atoms with Gasteiger partial charge in [0.2, 0.25) is 0 Å². The highest BCUT2D eigenvalue weighted by molar-refractivity contribution is 7.10. The number of carbonyl (C=O) groups is 1. The fourth-order valence-electron chi connectivity index (χ4n) is 1.68. The molecule has 94 valence electrons. The highest BCUT2D eigenvalue weighted by Crippen LogP contribution is 2.18.